The number of likely N-dealkylation sites (N-methyl/N-ethyl adjacent to an activating group) is 1. The Kier molecular flexibility index (Phi) is 7.26. The summed E-state index contributed by atoms with van der Waals surface area (Å²) in [6.45, 7) is 12.5. The number of carbonyl (C=O) groups excluding carboxylic acids is 2. The molecule has 0 spiro atoms. The molecule has 0 fully saturated rings. The lowest BCUT2D eigenvalue weighted by molar-refractivity contribution is -0.136. The van der Waals surface area contributed by atoms with E-state index < -0.39 is 0 Å². The highest BCUT2D eigenvalue weighted by Crippen LogP contribution is 2.20. The first-order chi connectivity index (χ1) is 11.1. The van der Waals surface area contributed by atoms with E-state index in [1.165, 1.54) is 0 Å². The molecule has 0 aliphatic carbocycles. The molecule has 24 heavy (non-hydrogen) atoms. The standard InChI is InChI=1S/C19H30N2O3/c1-7-21(13-17(22)20-19(4,5)6)18(23)11-12-24-16-10-8-9-14(2)15(16)3/h8-10H,7,11-13H2,1-6H3,(H,20,22). The molecule has 0 saturated carbocycles. The number of carbonyl (C=O) groups is 2. The van der Waals surface area contributed by atoms with Gasteiger partial charge in [-0.2, -0.15) is 0 Å². The summed E-state index contributed by atoms with van der Waals surface area (Å²) in [6, 6.07) is 5.87. The molecule has 5 heteroatoms. The minimum atomic E-state index is -0.300. The summed E-state index contributed by atoms with van der Waals surface area (Å²) < 4.78 is 5.72. The van der Waals surface area contributed by atoms with Crippen LogP contribution in [0.2, 0.25) is 0 Å². The Bertz CT molecular complexity index is 576. The summed E-state index contributed by atoms with van der Waals surface area (Å²) >= 11 is 0. The van der Waals surface area contributed by atoms with Crippen LogP contribution in [0.4, 0.5) is 0 Å². The second-order valence-electron chi connectivity index (χ2n) is 7.00. The molecule has 0 saturated heterocycles. The smallest absolute Gasteiger partial charge is 0.240 e. The van der Waals surface area contributed by atoms with Crippen LogP contribution in [-0.2, 0) is 9.59 Å². The summed E-state index contributed by atoms with van der Waals surface area (Å²) in [5, 5.41) is 2.87. The van der Waals surface area contributed by atoms with Crippen molar-refractivity contribution in [3.05, 3.63) is 29.3 Å². The molecule has 0 bridgehead atoms. The van der Waals surface area contributed by atoms with Crippen molar-refractivity contribution in [3.8, 4) is 5.75 Å². The number of hydrogen-bond donors (Lipinski definition) is 1. The average Bonchev–Trinajstić information content (AvgIpc) is 2.47. The van der Waals surface area contributed by atoms with E-state index in [-0.39, 0.29) is 30.3 Å². The molecule has 0 aromatic heterocycles. The maximum atomic E-state index is 12.3. The first kappa shape index (κ1) is 20.0. The quantitative estimate of drug-likeness (QED) is 0.834. The topological polar surface area (TPSA) is 58.6 Å². The van der Waals surface area contributed by atoms with Gasteiger partial charge in [0.1, 0.15) is 5.75 Å². The highest BCUT2D eigenvalue weighted by atomic mass is 16.5. The van der Waals surface area contributed by atoms with E-state index in [9.17, 15) is 9.59 Å². The Hall–Kier alpha value is -2.04. The second kappa shape index (κ2) is 8.71. The summed E-state index contributed by atoms with van der Waals surface area (Å²) in [5.41, 5.74) is 1.94. The number of amides is 2. The lowest BCUT2D eigenvalue weighted by Gasteiger charge is -2.25. The lowest BCUT2D eigenvalue weighted by Crippen LogP contribution is -2.47. The highest BCUT2D eigenvalue weighted by molar-refractivity contribution is 5.85. The fourth-order valence-corrected chi connectivity index (χ4v) is 2.29. The average molecular weight is 334 g/mol. The van der Waals surface area contributed by atoms with Crippen molar-refractivity contribution in [1.29, 1.82) is 0 Å². The number of aryl methyl sites for hydroxylation is 1. The van der Waals surface area contributed by atoms with Crippen LogP contribution in [0.1, 0.15) is 45.2 Å². The summed E-state index contributed by atoms with van der Waals surface area (Å²) in [7, 11) is 0. The number of rotatable bonds is 7. The van der Waals surface area contributed by atoms with Crippen LogP contribution in [0.5, 0.6) is 5.75 Å². The van der Waals surface area contributed by atoms with Gasteiger partial charge in [0.15, 0.2) is 0 Å². The van der Waals surface area contributed by atoms with Crippen molar-refractivity contribution in [2.24, 2.45) is 0 Å². The van der Waals surface area contributed by atoms with E-state index in [1.54, 1.807) is 4.90 Å². The molecule has 0 radical (unpaired) electrons. The van der Waals surface area contributed by atoms with E-state index in [0.29, 0.717) is 13.2 Å². The Morgan fingerprint density at radius 2 is 1.88 bits per heavy atom. The van der Waals surface area contributed by atoms with E-state index in [4.69, 9.17) is 4.74 Å². The summed E-state index contributed by atoms with van der Waals surface area (Å²) in [6.07, 6.45) is 0.254. The number of nitrogens with zero attached hydrogens (tertiary/aromatic N) is 1. The Morgan fingerprint density at radius 1 is 1.21 bits per heavy atom. The van der Waals surface area contributed by atoms with Gasteiger partial charge in [-0.3, -0.25) is 9.59 Å². The molecule has 1 rings (SSSR count). The van der Waals surface area contributed by atoms with Crippen molar-refractivity contribution in [1.82, 2.24) is 10.2 Å². The predicted molar refractivity (Wildman–Crippen MR) is 96.2 cm³/mol. The van der Waals surface area contributed by atoms with Gasteiger partial charge in [-0.25, -0.2) is 0 Å². The van der Waals surface area contributed by atoms with Crippen LogP contribution < -0.4 is 10.1 Å². The molecule has 0 aliphatic heterocycles. The third kappa shape index (κ3) is 6.60. The Balaban J connectivity index is 2.50. The number of hydrogen-bond acceptors (Lipinski definition) is 3. The van der Waals surface area contributed by atoms with Gasteiger partial charge in [-0.15, -0.1) is 0 Å². The molecule has 1 aromatic carbocycles. The largest absolute Gasteiger partial charge is 0.493 e. The maximum Gasteiger partial charge on any atom is 0.240 e. The van der Waals surface area contributed by atoms with Crippen LogP contribution in [0.3, 0.4) is 0 Å². The van der Waals surface area contributed by atoms with Crippen LogP contribution in [0.25, 0.3) is 0 Å². The van der Waals surface area contributed by atoms with Gasteiger partial charge >= 0.3 is 0 Å². The monoisotopic (exact) mass is 334 g/mol. The van der Waals surface area contributed by atoms with Gasteiger partial charge in [0.05, 0.1) is 19.6 Å². The first-order valence-electron chi connectivity index (χ1n) is 8.42. The molecule has 134 valence electrons. The van der Waals surface area contributed by atoms with Crippen molar-refractivity contribution in [2.45, 2.75) is 53.5 Å². The number of ether oxygens (including phenoxy) is 1. The molecule has 0 heterocycles. The van der Waals surface area contributed by atoms with Gasteiger partial charge in [-0.05, 0) is 58.7 Å². The minimum Gasteiger partial charge on any atom is -0.493 e. The van der Waals surface area contributed by atoms with E-state index in [0.717, 1.165) is 16.9 Å². The highest BCUT2D eigenvalue weighted by Gasteiger charge is 2.19. The van der Waals surface area contributed by atoms with Crippen LogP contribution in [0.15, 0.2) is 18.2 Å². The molecular formula is C19H30N2O3. The molecule has 2 amide bonds. The fourth-order valence-electron chi connectivity index (χ4n) is 2.29. The van der Waals surface area contributed by atoms with Crippen LogP contribution in [-0.4, -0.2) is 41.9 Å². The van der Waals surface area contributed by atoms with Gasteiger partial charge in [0.2, 0.25) is 11.8 Å². The van der Waals surface area contributed by atoms with Gasteiger partial charge in [-0.1, -0.05) is 12.1 Å². The molecule has 0 atom stereocenters. The molecule has 5 nitrogen and oxygen atoms in total. The predicted octanol–water partition coefficient (Wildman–Crippen LogP) is 2.84. The normalized spacial score (nSPS) is 11.1. The van der Waals surface area contributed by atoms with E-state index >= 15 is 0 Å². The second-order valence-corrected chi connectivity index (χ2v) is 7.00. The third-order valence-corrected chi connectivity index (χ3v) is 3.71. The zero-order valence-electron chi connectivity index (χ0n) is 15.7. The Labute approximate surface area is 145 Å². The number of nitrogens with one attached hydrogen (secondary N) is 1. The third-order valence-electron chi connectivity index (χ3n) is 3.71. The zero-order valence-corrected chi connectivity index (χ0v) is 15.7. The van der Waals surface area contributed by atoms with Crippen molar-refractivity contribution >= 4 is 11.8 Å². The lowest BCUT2D eigenvalue weighted by atomic mass is 10.1. The van der Waals surface area contributed by atoms with Gasteiger partial charge in [0.25, 0.3) is 0 Å². The van der Waals surface area contributed by atoms with Crippen LogP contribution >= 0.6 is 0 Å². The fraction of sp³-hybridized carbons (Fsp3) is 0.579. The summed E-state index contributed by atoms with van der Waals surface area (Å²) in [4.78, 5) is 25.8. The van der Waals surface area contributed by atoms with Gasteiger partial charge < -0.3 is 15.0 Å². The van der Waals surface area contributed by atoms with Crippen molar-refractivity contribution in [3.63, 3.8) is 0 Å². The van der Waals surface area contributed by atoms with E-state index in [2.05, 4.69) is 5.32 Å². The van der Waals surface area contributed by atoms with Crippen molar-refractivity contribution < 1.29 is 14.3 Å². The molecule has 0 aliphatic rings. The van der Waals surface area contributed by atoms with E-state index in [1.807, 2.05) is 59.7 Å². The number of benzene rings is 1. The molecular weight excluding hydrogens is 304 g/mol. The SMILES string of the molecule is CCN(CC(=O)NC(C)(C)C)C(=O)CCOc1cccc(C)c1C. The summed E-state index contributed by atoms with van der Waals surface area (Å²) in [5.74, 6) is 0.580. The maximum absolute atomic E-state index is 12.3. The minimum absolute atomic E-state index is 0.0770. The van der Waals surface area contributed by atoms with Crippen LogP contribution in [0, 0.1) is 13.8 Å². The zero-order chi connectivity index (χ0) is 18.3. The van der Waals surface area contributed by atoms with Crippen molar-refractivity contribution in [2.75, 3.05) is 19.7 Å². The Morgan fingerprint density at radius 3 is 2.46 bits per heavy atom. The molecule has 0 unspecified atom stereocenters. The van der Waals surface area contributed by atoms with Gasteiger partial charge in [0, 0.05) is 12.1 Å². The molecule has 1 N–H and O–H groups in total. The first-order valence-corrected chi connectivity index (χ1v) is 8.42. The molecule has 1 aromatic rings.